The van der Waals surface area contributed by atoms with Gasteiger partial charge in [0.1, 0.15) is 0 Å². The van der Waals surface area contributed by atoms with Crippen molar-refractivity contribution in [1.29, 1.82) is 0 Å². The van der Waals surface area contributed by atoms with E-state index < -0.39 is 0 Å². The highest BCUT2D eigenvalue weighted by Gasteiger charge is 2.35. The lowest BCUT2D eigenvalue weighted by Crippen LogP contribution is -2.43. The normalized spacial score (nSPS) is 22.4. The van der Waals surface area contributed by atoms with Crippen molar-refractivity contribution in [1.82, 2.24) is 5.32 Å². The van der Waals surface area contributed by atoms with Gasteiger partial charge >= 0.3 is 6.09 Å². The number of methoxy groups -OCH3 is 1. The van der Waals surface area contributed by atoms with Crippen molar-refractivity contribution >= 4 is 6.09 Å². The first-order valence-electron chi connectivity index (χ1n) is 4.93. The molecule has 0 radical (unpaired) electrons. The molecule has 1 fully saturated rings. The van der Waals surface area contributed by atoms with E-state index in [4.69, 9.17) is 0 Å². The van der Waals surface area contributed by atoms with Gasteiger partial charge in [-0.25, -0.2) is 4.79 Å². The van der Waals surface area contributed by atoms with Crippen molar-refractivity contribution < 1.29 is 9.53 Å². The summed E-state index contributed by atoms with van der Waals surface area (Å²) in [5.74, 6) is 0. The van der Waals surface area contributed by atoms with Gasteiger partial charge in [0.2, 0.25) is 0 Å². The molecule has 0 aromatic carbocycles. The summed E-state index contributed by atoms with van der Waals surface area (Å²) in [7, 11) is 1.40. The Balaban J connectivity index is 2.46. The molecule has 1 amide bonds. The van der Waals surface area contributed by atoms with Crippen LogP contribution >= 0.6 is 0 Å². The molecule has 3 heteroatoms. The van der Waals surface area contributed by atoms with Gasteiger partial charge in [-0.2, -0.15) is 0 Å². The van der Waals surface area contributed by atoms with E-state index in [1.54, 1.807) is 0 Å². The minimum atomic E-state index is -0.319. The average Bonchev–Trinajstić information content (AvgIpc) is 2.53. The van der Waals surface area contributed by atoms with E-state index in [9.17, 15) is 4.79 Å². The van der Waals surface area contributed by atoms with Crippen LogP contribution in [0.2, 0.25) is 0 Å². The van der Waals surface area contributed by atoms with E-state index in [1.807, 2.05) is 0 Å². The number of ether oxygens (including phenoxy) is 1. The number of rotatable bonds is 2. The molecular formula is C10H19NO2. The van der Waals surface area contributed by atoms with Crippen LogP contribution in [0.25, 0.3) is 0 Å². The van der Waals surface area contributed by atoms with Gasteiger partial charge in [-0.3, -0.25) is 0 Å². The molecule has 0 bridgehead atoms. The molecule has 0 aliphatic heterocycles. The van der Waals surface area contributed by atoms with E-state index in [2.05, 4.69) is 23.9 Å². The predicted octanol–water partition coefficient (Wildman–Crippen LogP) is 2.31. The number of alkyl carbamates (subject to hydrolysis) is 1. The van der Waals surface area contributed by atoms with Crippen molar-refractivity contribution in [2.75, 3.05) is 7.11 Å². The highest BCUT2D eigenvalue weighted by atomic mass is 16.5. The molecule has 0 spiro atoms. The predicted molar refractivity (Wildman–Crippen MR) is 51.6 cm³/mol. The number of nitrogens with one attached hydrogen (secondary N) is 1. The van der Waals surface area contributed by atoms with Crippen LogP contribution in [-0.4, -0.2) is 19.2 Å². The van der Waals surface area contributed by atoms with Gasteiger partial charge in [-0.15, -0.1) is 0 Å². The quantitative estimate of drug-likeness (QED) is 0.717. The van der Waals surface area contributed by atoms with E-state index in [-0.39, 0.29) is 17.6 Å². The van der Waals surface area contributed by atoms with E-state index in [0.717, 1.165) is 0 Å². The molecule has 1 rings (SSSR count). The monoisotopic (exact) mass is 185 g/mol. The van der Waals surface area contributed by atoms with E-state index >= 15 is 0 Å². The molecule has 0 heterocycles. The minimum Gasteiger partial charge on any atom is -0.453 e. The zero-order valence-corrected chi connectivity index (χ0v) is 8.72. The number of hydrogen-bond donors (Lipinski definition) is 1. The molecule has 76 valence electrons. The molecule has 1 aliphatic rings. The molecule has 3 nitrogen and oxygen atoms in total. The van der Waals surface area contributed by atoms with Crippen LogP contribution in [0.4, 0.5) is 4.79 Å². The number of amides is 1. The Hall–Kier alpha value is -0.730. The third-order valence-electron chi connectivity index (χ3n) is 3.31. The van der Waals surface area contributed by atoms with Crippen LogP contribution in [0.3, 0.4) is 0 Å². The maximum Gasteiger partial charge on any atom is 0.407 e. The zero-order chi connectivity index (χ0) is 9.90. The molecule has 1 atom stereocenters. The summed E-state index contributed by atoms with van der Waals surface area (Å²) in [4.78, 5) is 11.0. The van der Waals surface area contributed by atoms with Crippen molar-refractivity contribution in [3.8, 4) is 0 Å². The van der Waals surface area contributed by atoms with Gasteiger partial charge in [-0.1, -0.05) is 19.8 Å². The SMILES string of the molecule is COC(=O)NC(C)C1(C)CCCC1. The summed E-state index contributed by atoms with van der Waals surface area (Å²) in [5, 5.41) is 2.85. The maximum atomic E-state index is 11.0. The molecule has 13 heavy (non-hydrogen) atoms. The molecule has 0 aromatic heterocycles. The van der Waals surface area contributed by atoms with Gasteiger partial charge in [0.05, 0.1) is 7.11 Å². The Morgan fingerprint density at radius 3 is 2.46 bits per heavy atom. The first kappa shape index (κ1) is 10.4. The number of carbonyl (C=O) groups excluding carboxylic acids is 1. The summed E-state index contributed by atoms with van der Waals surface area (Å²) < 4.78 is 4.58. The van der Waals surface area contributed by atoms with Crippen molar-refractivity contribution in [2.24, 2.45) is 5.41 Å². The molecule has 1 unspecified atom stereocenters. The Morgan fingerprint density at radius 1 is 1.46 bits per heavy atom. The molecule has 1 saturated carbocycles. The summed E-state index contributed by atoms with van der Waals surface area (Å²) >= 11 is 0. The Kier molecular flexibility index (Phi) is 3.17. The molecule has 0 saturated heterocycles. The smallest absolute Gasteiger partial charge is 0.407 e. The molecule has 1 aliphatic carbocycles. The lowest BCUT2D eigenvalue weighted by Gasteiger charge is -2.31. The summed E-state index contributed by atoms with van der Waals surface area (Å²) in [5.41, 5.74) is 0.272. The van der Waals surface area contributed by atoms with E-state index in [1.165, 1.54) is 32.8 Å². The lowest BCUT2D eigenvalue weighted by molar-refractivity contribution is 0.151. The van der Waals surface area contributed by atoms with Crippen molar-refractivity contribution in [2.45, 2.75) is 45.6 Å². The van der Waals surface area contributed by atoms with Gasteiger partial charge in [0.15, 0.2) is 0 Å². The van der Waals surface area contributed by atoms with Gasteiger partial charge in [-0.05, 0) is 25.2 Å². The number of hydrogen-bond acceptors (Lipinski definition) is 2. The van der Waals surface area contributed by atoms with Crippen LogP contribution in [0.1, 0.15) is 39.5 Å². The van der Waals surface area contributed by atoms with Crippen LogP contribution in [-0.2, 0) is 4.74 Å². The third-order valence-corrected chi connectivity index (χ3v) is 3.31. The van der Waals surface area contributed by atoms with Crippen molar-refractivity contribution in [3.05, 3.63) is 0 Å². The summed E-state index contributed by atoms with van der Waals surface area (Å²) in [6, 6.07) is 0.211. The van der Waals surface area contributed by atoms with Gasteiger partial charge < -0.3 is 10.1 Å². The third kappa shape index (κ3) is 2.36. The highest BCUT2D eigenvalue weighted by molar-refractivity contribution is 5.67. The summed E-state index contributed by atoms with van der Waals surface area (Å²) in [6.07, 6.45) is 4.66. The summed E-state index contributed by atoms with van der Waals surface area (Å²) in [6.45, 7) is 4.29. The Labute approximate surface area is 79.8 Å². The molecule has 1 N–H and O–H groups in total. The zero-order valence-electron chi connectivity index (χ0n) is 8.72. The van der Waals surface area contributed by atoms with Crippen LogP contribution in [0.5, 0.6) is 0 Å². The lowest BCUT2D eigenvalue weighted by atomic mass is 9.82. The number of carbonyl (C=O) groups is 1. The second-order valence-corrected chi connectivity index (χ2v) is 4.22. The van der Waals surface area contributed by atoms with Crippen LogP contribution in [0.15, 0.2) is 0 Å². The first-order valence-corrected chi connectivity index (χ1v) is 4.93. The second kappa shape index (κ2) is 3.99. The van der Waals surface area contributed by atoms with Crippen LogP contribution in [0, 0.1) is 5.41 Å². The Morgan fingerprint density at radius 2 is 2.00 bits per heavy atom. The fourth-order valence-corrected chi connectivity index (χ4v) is 2.03. The fourth-order valence-electron chi connectivity index (χ4n) is 2.03. The average molecular weight is 185 g/mol. The standard InChI is InChI=1S/C10H19NO2/c1-8(11-9(12)13-3)10(2)6-4-5-7-10/h8H,4-7H2,1-3H3,(H,11,12). The van der Waals surface area contributed by atoms with Crippen molar-refractivity contribution in [3.63, 3.8) is 0 Å². The fraction of sp³-hybridized carbons (Fsp3) is 0.900. The minimum absolute atomic E-state index is 0.211. The van der Waals surface area contributed by atoms with Gasteiger partial charge in [0.25, 0.3) is 0 Å². The van der Waals surface area contributed by atoms with Gasteiger partial charge in [0, 0.05) is 6.04 Å². The topological polar surface area (TPSA) is 38.3 Å². The first-order chi connectivity index (χ1) is 6.08. The molecular weight excluding hydrogens is 166 g/mol. The largest absolute Gasteiger partial charge is 0.453 e. The van der Waals surface area contributed by atoms with E-state index in [0.29, 0.717) is 0 Å². The highest BCUT2D eigenvalue weighted by Crippen LogP contribution is 2.40. The Bertz CT molecular complexity index is 185. The second-order valence-electron chi connectivity index (χ2n) is 4.22. The molecule has 0 aromatic rings. The van der Waals surface area contributed by atoms with Crippen LogP contribution < -0.4 is 5.32 Å². The maximum absolute atomic E-state index is 11.0.